The van der Waals surface area contributed by atoms with E-state index in [-0.39, 0.29) is 24.2 Å². The Hall–Kier alpha value is -2.01. The number of aromatic nitrogens is 3. The van der Waals surface area contributed by atoms with Gasteiger partial charge in [0.05, 0.1) is 12.1 Å². The lowest BCUT2D eigenvalue weighted by Crippen LogP contribution is -2.27. The van der Waals surface area contributed by atoms with Crippen molar-refractivity contribution in [1.82, 2.24) is 15.0 Å². The highest BCUT2D eigenvalue weighted by Gasteiger charge is 2.22. The predicted octanol–water partition coefficient (Wildman–Crippen LogP) is 1.26. The molecular weight excluding hydrogens is 240 g/mol. The summed E-state index contributed by atoms with van der Waals surface area (Å²) < 4.78 is 1.59. The van der Waals surface area contributed by atoms with Crippen molar-refractivity contribution in [2.45, 2.75) is 19.4 Å². The first-order valence-corrected chi connectivity index (χ1v) is 6.26. The molecule has 0 radical (unpaired) electrons. The van der Waals surface area contributed by atoms with Gasteiger partial charge in [-0.05, 0) is 5.56 Å². The summed E-state index contributed by atoms with van der Waals surface area (Å²) in [6, 6.07) is 9.38. The lowest BCUT2D eigenvalue weighted by molar-refractivity contribution is -0.122. The van der Waals surface area contributed by atoms with Crippen molar-refractivity contribution in [3.8, 4) is 0 Å². The SMILES string of the molecule is CC(C(=O)Cc1cn(C)nn1)C(N)c1ccccc1. The van der Waals surface area contributed by atoms with Gasteiger partial charge >= 0.3 is 0 Å². The highest BCUT2D eigenvalue weighted by Crippen LogP contribution is 2.20. The fourth-order valence-corrected chi connectivity index (χ4v) is 1.98. The highest BCUT2D eigenvalue weighted by molar-refractivity contribution is 5.83. The normalized spacial score (nSPS) is 14.1. The van der Waals surface area contributed by atoms with Crippen molar-refractivity contribution in [2.75, 3.05) is 0 Å². The van der Waals surface area contributed by atoms with E-state index in [9.17, 15) is 4.79 Å². The molecule has 1 heterocycles. The van der Waals surface area contributed by atoms with Crippen LogP contribution in [0.1, 0.15) is 24.2 Å². The Morgan fingerprint density at radius 2 is 2.05 bits per heavy atom. The summed E-state index contributed by atoms with van der Waals surface area (Å²) in [4.78, 5) is 12.2. The van der Waals surface area contributed by atoms with Crippen LogP contribution in [-0.4, -0.2) is 20.8 Å². The second-order valence-corrected chi connectivity index (χ2v) is 4.75. The summed E-state index contributed by atoms with van der Waals surface area (Å²) in [5, 5.41) is 7.74. The van der Waals surface area contributed by atoms with Crippen LogP contribution in [0.3, 0.4) is 0 Å². The quantitative estimate of drug-likeness (QED) is 0.876. The van der Waals surface area contributed by atoms with Crippen molar-refractivity contribution in [2.24, 2.45) is 18.7 Å². The molecule has 0 fully saturated rings. The fraction of sp³-hybridized carbons (Fsp3) is 0.357. The second kappa shape index (κ2) is 5.75. The lowest BCUT2D eigenvalue weighted by Gasteiger charge is -2.18. The molecule has 2 aromatic rings. The van der Waals surface area contributed by atoms with Crippen LogP contribution in [0.4, 0.5) is 0 Å². The zero-order valence-electron chi connectivity index (χ0n) is 11.2. The summed E-state index contributed by atoms with van der Waals surface area (Å²) >= 11 is 0. The third kappa shape index (κ3) is 3.26. The molecular formula is C14H18N4O. The number of Topliss-reactive ketones (excluding diaryl/α,β-unsaturated/α-hetero) is 1. The molecule has 2 atom stereocenters. The lowest BCUT2D eigenvalue weighted by atomic mass is 9.90. The molecule has 0 saturated heterocycles. The molecule has 19 heavy (non-hydrogen) atoms. The molecule has 0 aliphatic rings. The molecule has 0 saturated carbocycles. The van der Waals surface area contributed by atoms with Crippen LogP contribution in [-0.2, 0) is 18.3 Å². The maximum absolute atomic E-state index is 12.2. The van der Waals surface area contributed by atoms with Gasteiger partial charge < -0.3 is 5.73 Å². The maximum Gasteiger partial charge on any atom is 0.143 e. The number of ketones is 1. The topological polar surface area (TPSA) is 73.8 Å². The number of hydrogen-bond acceptors (Lipinski definition) is 4. The summed E-state index contributed by atoms with van der Waals surface area (Å²) in [5.41, 5.74) is 7.79. The monoisotopic (exact) mass is 258 g/mol. The van der Waals surface area contributed by atoms with Gasteiger partial charge in [0, 0.05) is 25.2 Å². The molecule has 0 aliphatic carbocycles. The minimum atomic E-state index is -0.287. The highest BCUT2D eigenvalue weighted by atomic mass is 16.1. The summed E-state index contributed by atoms with van der Waals surface area (Å²) in [7, 11) is 1.78. The van der Waals surface area contributed by atoms with Crippen LogP contribution in [0.5, 0.6) is 0 Å². The molecule has 5 nitrogen and oxygen atoms in total. The van der Waals surface area contributed by atoms with E-state index >= 15 is 0 Å². The molecule has 2 rings (SSSR count). The van der Waals surface area contributed by atoms with Crippen LogP contribution in [0.25, 0.3) is 0 Å². The zero-order chi connectivity index (χ0) is 13.8. The minimum Gasteiger partial charge on any atom is -0.323 e. The van der Waals surface area contributed by atoms with E-state index in [0.717, 1.165) is 5.56 Å². The van der Waals surface area contributed by atoms with Crippen LogP contribution < -0.4 is 5.73 Å². The Bertz CT molecular complexity index is 550. The van der Waals surface area contributed by atoms with Gasteiger partial charge in [0.25, 0.3) is 0 Å². The van der Waals surface area contributed by atoms with Gasteiger partial charge in [-0.2, -0.15) is 0 Å². The first-order valence-electron chi connectivity index (χ1n) is 6.26. The van der Waals surface area contributed by atoms with Gasteiger partial charge in [0.15, 0.2) is 0 Å². The van der Waals surface area contributed by atoms with Crippen molar-refractivity contribution in [3.63, 3.8) is 0 Å². The number of nitrogens with zero attached hydrogens (tertiary/aromatic N) is 3. The Labute approximate surface area is 112 Å². The Kier molecular flexibility index (Phi) is 4.06. The number of rotatable bonds is 5. The number of benzene rings is 1. The Morgan fingerprint density at radius 1 is 1.37 bits per heavy atom. The number of nitrogens with two attached hydrogens (primary N) is 1. The second-order valence-electron chi connectivity index (χ2n) is 4.75. The van der Waals surface area contributed by atoms with Gasteiger partial charge in [0.1, 0.15) is 5.78 Å². The van der Waals surface area contributed by atoms with Crippen LogP contribution in [0.15, 0.2) is 36.5 Å². The third-order valence-corrected chi connectivity index (χ3v) is 3.24. The van der Waals surface area contributed by atoms with Gasteiger partial charge in [-0.15, -0.1) is 5.10 Å². The molecule has 5 heteroatoms. The van der Waals surface area contributed by atoms with Gasteiger partial charge in [0.2, 0.25) is 0 Å². The Morgan fingerprint density at radius 3 is 2.63 bits per heavy atom. The molecule has 0 aliphatic heterocycles. The van der Waals surface area contributed by atoms with E-state index in [1.807, 2.05) is 37.3 Å². The minimum absolute atomic E-state index is 0.0804. The molecule has 2 unspecified atom stereocenters. The first-order chi connectivity index (χ1) is 9.08. The van der Waals surface area contributed by atoms with E-state index in [1.54, 1.807) is 17.9 Å². The van der Waals surface area contributed by atoms with Crippen molar-refractivity contribution >= 4 is 5.78 Å². The van der Waals surface area contributed by atoms with Crippen molar-refractivity contribution in [3.05, 3.63) is 47.8 Å². The zero-order valence-corrected chi connectivity index (χ0v) is 11.2. The standard InChI is InChI=1S/C14H18N4O/c1-10(14(15)11-6-4-3-5-7-11)13(19)8-12-9-18(2)17-16-12/h3-7,9-10,14H,8,15H2,1-2H3. The number of carbonyl (C=O) groups is 1. The largest absolute Gasteiger partial charge is 0.323 e. The maximum atomic E-state index is 12.2. The molecule has 0 amide bonds. The third-order valence-electron chi connectivity index (χ3n) is 3.24. The van der Waals surface area contributed by atoms with Crippen LogP contribution in [0, 0.1) is 5.92 Å². The van der Waals surface area contributed by atoms with Crippen LogP contribution in [0.2, 0.25) is 0 Å². The predicted molar refractivity (Wildman–Crippen MR) is 72.2 cm³/mol. The fourth-order valence-electron chi connectivity index (χ4n) is 1.98. The molecule has 1 aromatic carbocycles. The van der Waals surface area contributed by atoms with E-state index in [0.29, 0.717) is 5.69 Å². The molecule has 100 valence electrons. The van der Waals surface area contributed by atoms with E-state index < -0.39 is 0 Å². The first kappa shape index (κ1) is 13.4. The average Bonchev–Trinajstić information content (AvgIpc) is 2.83. The molecule has 0 bridgehead atoms. The number of hydrogen-bond donors (Lipinski definition) is 1. The summed E-state index contributed by atoms with van der Waals surface area (Å²) in [6.07, 6.45) is 2.02. The van der Waals surface area contributed by atoms with Crippen LogP contribution >= 0.6 is 0 Å². The van der Waals surface area contributed by atoms with Crippen molar-refractivity contribution in [1.29, 1.82) is 0 Å². The molecule has 1 aromatic heterocycles. The van der Waals surface area contributed by atoms with Gasteiger partial charge in [-0.1, -0.05) is 42.5 Å². The Balaban J connectivity index is 2.03. The number of carbonyl (C=O) groups excluding carboxylic acids is 1. The smallest absolute Gasteiger partial charge is 0.143 e. The molecule has 2 N–H and O–H groups in total. The molecule has 0 spiro atoms. The summed E-state index contributed by atoms with van der Waals surface area (Å²) in [6.45, 7) is 1.86. The van der Waals surface area contributed by atoms with Crippen molar-refractivity contribution < 1.29 is 4.79 Å². The van der Waals surface area contributed by atoms with E-state index in [4.69, 9.17) is 5.73 Å². The number of aryl methyl sites for hydroxylation is 1. The average molecular weight is 258 g/mol. The van der Waals surface area contributed by atoms with Gasteiger partial charge in [-0.25, -0.2) is 0 Å². The van der Waals surface area contributed by atoms with Gasteiger partial charge in [-0.3, -0.25) is 9.48 Å². The summed E-state index contributed by atoms with van der Waals surface area (Å²) in [5.74, 6) is -0.166. The van der Waals surface area contributed by atoms with E-state index in [2.05, 4.69) is 10.3 Å². The van der Waals surface area contributed by atoms with E-state index in [1.165, 1.54) is 0 Å².